The van der Waals surface area contributed by atoms with Gasteiger partial charge >= 0.3 is 12.1 Å². The van der Waals surface area contributed by atoms with Crippen molar-refractivity contribution in [2.24, 2.45) is 0 Å². The molecule has 36 heavy (non-hydrogen) atoms. The van der Waals surface area contributed by atoms with Crippen molar-refractivity contribution in [1.82, 2.24) is 10.2 Å². The minimum absolute atomic E-state index is 0.0480. The number of hydrogen-bond donors (Lipinski definition) is 1. The van der Waals surface area contributed by atoms with Gasteiger partial charge in [0.25, 0.3) is 0 Å². The minimum atomic E-state index is -0.483. The highest BCUT2D eigenvalue weighted by molar-refractivity contribution is 5.94. The number of ether oxygens (including phenoxy) is 2. The van der Waals surface area contributed by atoms with E-state index in [-0.39, 0.29) is 30.1 Å². The summed E-state index contributed by atoms with van der Waals surface area (Å²) in [6.45, 7) is 8.36. The number of alkyl carbamates (subject to hydrolysis) is 1. The number of carbonyl (C=O) groups is 3. The minimum Gasteiger partial charge on any atom is -0.462 e. The third kappa shape index (κ3) is 6.85. The van der Waals surface area contributed by atoms with E-state index in [0.717, 1.165) is 35.3 Å². The van der Waals surface area contributed by atoms with E-state index in [0.29, 0.717) is 18.6 Å². The second-order valence-corrected chi connectivity index (χ2v) is 9.77. The van der Waals surface area contributed by atoms with Crippen molar-refractivity contribution in [3.8, 4) is 11.1 Å². The van der Waals surface area contributed by atoms with Gasteiger partial charge in [0.2, 0.25) is 5.91 Å². The summed E-state index contributed by atoms with van der Waals surface area (Å²) in [5, 5.41) is 2.97. The lowest BCUT2D eigenvalue weighted by molar-refractivity contribution is -0.117. The zero-order valence-electron chi connectivity index (χ0n) is 22.0. The Labute approximate surface area is 213 Å². The third-order valence-corrected chi connectivity index (χ3v) is 6.09. The number of esters is 1. The Morgan fingerprint density at radius 3 is 2.36 bits per heavy atom. The Bertz CT molecular complexity index is 1080. The van der Waals surface area contributed by atoms with Gasteiger partial charge < -0.3 is 24.6 Å². The Balaban J connectivity index is 1.83. The number of nitrogens with one attached hydrogen (secondary N) is 1. The van der Waals surface area contributed by atoms with Crippen LogP contribution in [0.5, 0.6) is 0 Å². The molecule has 0 unspecified atom stereocenters. The molecule has 2 aromatic rings. The maximum atomic E-state index is 12.4. The molecule has 0 saturated heterocycles. The summed E-state index contributed by atoms with van der Waals surface area (Å²) < 4.78 is 10.7. The molecule has 0 radical (unpaired) electrons. The molecule has 3 rings (SSSR count). The average Bonchev–Trinajstić information content (AvgIpc) is 2.80. The quantitative estimate of drug-likeness (QED) is 0.419. The van der Waals surface area contributed by atoms with E-state index in [2.05, 4.69) is 5.32 Å². The highest BCUT2D eigenvalue weighted by Gasteiger charge is 2.33. The van der Waals surface area contributed by atoms with Crippen LogP contribution in [0.4, 0.5) is 10.5 Å². The zero-order chi connectivity index (χ0) is 26.4. The molecule has 1 aliphatic rings. The number of anilines is 1. The van der Waals surface area contributed by atoms with Crippen molar-refractivity contribution in [3.05, 3.63) is 53.6 Å². The highest BCUT2D eigenvalue weighted by atomic mass is 16.6. The summed E-state index contributed by atoms with van der Waals surface area (Å²) in [5.74, 6) is -0.391. The van der Waals surface area contributed by atoms with E-state index in [1.165, 1.54) is 0 Å². The number of hydrogen-bond acceptors (Lipinski definition) is 6. The maximum Gasteiger partial charge on any atom is 0.407 e. The first-order valence-electron chi connectivity index (χ1n) is 12.4. The van der Waals surface area contributed by atoms with Gasteiger partial charge in [-0.05, 0) is 88.7 Å². The molecule has 1 N–H and O–H groups in total. The van der Waals surface area contributed by atoms with Gasteiger partial charge in [0.05, 0.1) is 24.3 Å². The molecule has 8 heteroatoms. The summed E-state index contributed by atoms with van der Waals surface area (Å²) in [6.07, 6.45) is 0.635. The predicted molar refractivity (Wildman–Crippen MR) is 140 cm³/mol. The Morgan fingerprint density at radius 2 is 1.75 bits per heavy atom. The molecule has 2 aromatic carbocycles. The van der Waals surface area contributed by atoms with Crippen LogP contribution < -0.4 is 10.2 Å². The van der Waals surface area contributed by atoms with E-state index in [1.807, 2.05) is 56.3 Å². The van der Waals surface area contributed by atoms with E-state index in [1.54, 1.807) is 37.8 Å². The van der Waals surface area contributed by atoms with Crippen molar-refractivity contribution >= 4 is 23.7 Å². The van der Waals surface area contributed by atoms with Crippen molar-refractivity contribution in [3.63, 3.8) is 0 Å². The zero-order valence-corrected chi connectivity index (χ0v) is 22.0. The predicted octanol–water partition coefficient (Wildman–Crippen LogP) is 4.78. The molecule has 0 fully saturated rings. The summed E-state index contributed by atoms with van der Waals surface area (Å²) in [6, 6.07) is 12.7. The summed E-state index contributed by atoms with van der Waals surface area (Å²) >= 11 is 0. The smallest absolute Gasteiger partial charge is 0.407 e. The Morgan fingerprint density at radius 1 is 1.08 bits per heavy atom. The fourth-order valence-corrected chi connectivity index (χ4v) is 4.48. The Kier molecular flexibility index (Phi) is 9.09. The van der Waals surface area contributed by atoms with Crippen molar-refractivity contribution < 1.29 is 23.9 Å². The molecular weight excluding hydrogens is 458 g/mol. The maximum absolute atomic E-state index is 12.4. The summed E-state index contributed by atoms with van der Waals surface area (Å²) in [7, 11) is 3.96. The fraction of sp³-hybridized carbons (Fsp3) is 0.464. The van der Waals surface area contributed by atoms with Crippen LogP contribution in [0.15, 0.2) is 42.5 Å². The SMILES string of the molecule is CC(=O)N1c2ccc(-c3ccc(C(=O)OCCCN(C)C)cc3)cc2[C@H](NC(=O)OC(C)C)C[C@@H]1C. The molecule has 0 aromatic heterocycles. The fourth-order valence-electron chi connectivity index (χ4n) is 4.48. The van der Waals surface area contributed by atoms with Crippen LogP contribution in [0.25, 0.3) is 11.1 Å². The van der Waals surface area contributed by atoms with E-state index >= 15 is 0 Å². The van der Waals surface area contributed by atoms with Crippen molar-refractivity contribution in [2.75, 3.05) is 32.1 Å². The van der Waals surface area contributed by atoms with Gasteiger partial charge in [-0.2, -0.15) is 0 Å². The first-order chi connectivity index (χ1) is 17.1. The molecule has 0 bridgehead atoms. The number of benzene rings is 2. The molecule has 0 aliphatic carbocycles. The standard InChI is InChI=1S/C28H37N3O5/c1-18(2)36-28(34)29-25-16-19(3)31(20(4)32)26-13-12-23(17-24(25)26)21-8-10-22(11-9-21)27(33)35-15-7-14-30(5)6/h8-13,17-19,25H,7,14-16H2,1-6H3,(H,29,34)/t19-,25+/m0/s1. The van der Waals surface area contributed by atoms with Gasteiger partial charge in [-0.1, -0.05) is 18.2 Å². The number of nitrogens with zero attached hydrogens (tertiary/aromatic N) is 2. The lowest BCUT2D eigenvalue weighted by atomic mass is 9.89. The first kappa shape index (κ1) is 27.2. The highest BCUT2D eigenvalue weighted by Crippen LogP contribution is 2.39. The van der Waals surface area contributed by atoms with Crippen LogP contribution in [0, 0.1) is 0 Å². The second-order valence-electron chi connectivity index (χ2n) is 9.77. The largest absolute Gasteiger partial charge is 0.462 e. The van der Waals surface area contributed by atoms with E-state index < -0.39 is 6.09 Å². The lowest BCUT2D eigenvalue weighted by Crippen LogP contribution is -2.45. The van der Waals surface area contributed by atoms with Crippen LogP contribution in [0.3, 0.4) is 0 Å². The molecule has 0 saturated carbocycles. The van der Waals surface area contributed by atoms with Crippen LogP contribution >= 0.6 is 0 Å². The molecule has 1 heterocycles. The topological polar surface area (TPSA) is 88.2 Å². The summed E-state index contributed by atoms with van der Waals surface area (Å²) in [5.41, 5.74) is 3.96. The number of carbonyl (C=O) groups excluding carboxylic acids is 3. The summed E-state index contributed by atoms with van der Waals surface area (Å²) in [4.78, 5) is 40.9. The normalized spacial score (nSPS) is 17.1. The molecule has 0 spiro atoms. The molecule has 2 atom stereocenters. The van der Waals surface area contributed by atoms with Gasteiger partial charge in [0, 0.05) is 25.2 Å². The van der Waals surface area contributed by atoms with Crippen LogP contribution in [-0.4, -0.2) is 62.3 Å². The number of amides is 2. The van der Waals surface area contributed by atoms with Crippen LogP contribution in [-0.2, 0) is 14.3 Å². The van der Waals surface area contributed by atoms with Gasteiger partial charge in [-0.15, -0.1) is 0 Å². The molecule has 8 nitrogen and oxygen atoms in total. The van der Waals surface area contributed by atoms with E-state index in [9.17, 15) is 14.4 Å². The van der Waals surface area contributed by atoms with Crippen molar-refractivity contribution in [2.45, 2.75) is 58.7 Å². The number of rotatable bonds is 8. The molecule has 194 valence electrons. The van der Waals surface area contributed by atoms with Crippen LogP contribution in [0.2, 0.25) is 0 Å². The molecular formula is C28H37N3O5. The molecule has 1 aliphatic heterocycles. The van der Waals surface area contributed by atoms with E-state index in [4.69, 9.17) is 9.47 Å². The number of fused-ring (bicyclic) bond motifs is 1. The van der Waals surface area contributed by atoms with Gasteiger partial charge in [0.1, 0.15) is 0 Å². The van der Waals surface area contributed by atoms with Gasteiger partial charge in [-0.25, -0.2) is 9.59 Å². The molecule has 2 amide bonds. The third-order valence-electron chi connectivity index (χ3n) is 6.09. The van der Waals surface area contributed by atoms with Crippen LogP contribution in [0.1, 0.15) is 62.5 Å². The van der Waals surface area contributed by atoms with Crippen molar-refractivity contribution in [1.29, 1.82) is 0 Å². The Hall–Kier alpha value is -3.39. The lowest BCUT2D eigenvalue weighted by Gasteiger charge is -2.39. The average molecular weight is 496 g/mol. The first-order valence-corrected chi connectivity index (χ1v) is 12.4. The monoisotopic (exact) mass is 495 g/mol. The van der Waals surface area contributed by atoms with Gasteiger partial charge in [-0.3, -0.25) is 4.79 Å². The van der Waals surface area contributed by atoms with Gasteiger partial charge in [0.15, 0.2) is 0 Å². The second kappa shape index (κ2) is 12.0.